The van der Waals surface area contributed by atoms with Gasteiger partial charge in [0.25, 0.3) is 5.91 Å². The minimum atomic E-state index is -5.03. The first-order chi connectivity index (χ1) is 15.0. The van der Waals surface area contributed by atoms with Gasteiger partial charge in [0.15, 0.2) is 5.75 Å². The molecule has 33 heavy (non-hydrogen) atoms. The molecule has 0 aliphatic carbocycles. The Balaban J connectivity index is 2.46. The second kappa shape index (κ2) is 9.44. The zero-order chi connectivity index (χ0) is 25.3. The summed E-state index contributed by atoms with van der Waals surface area (Å²) in [5, 5.41) is 20.9. The SMILES string of the molecule is CC(C)N(C(=O)c1cc([N+](=O)[O-])c(O)cc1C(F)(F)F)[C@@H]1CCCN(C(=O)OC(C)(C)C)C1. The number of nitrogens with zero attached hydrogens (tertiary/aromatic N) is 3. The highest BCUT2D eigenvalue weighted by Gasteiger charge is 2.41. The molecule has 12 heteroatoms. The first kappa shape index (κ1) is 26.2. The molecular weight excluding hydrogens is 447 g/mol. The fourth-order valence-electron chi connectivity index (χ4n) is 3.77. The molecule has 2 rings (SSSR count). The lowest BCUT2D eigenvalue weighted by Crippen LogP contribution is -2.54. The summed E-state index contributed by atoms with van der Waals surface area (Å²) in [7, 11) is 0. The maximum Gasteiger partial charge on any atom is 0.417 e. The zero-order valence-electron chi connectivity index (χ0n) is 19.1. The number of amides is 2. The highest BCUT2D eigenvalue weighted by Crippen LogP contribution is 2.39. The number of rotatable bonds is 4. The van der Waals surface area contributed by atoms with E-state index in [2.05, 4.69) is 0 Å². The highest BCUT2D eigenvalue weighted by atomic mass is 19.4. The third-order valence-electron chi connectivity index (χ3n) is 5.08. The Bertz CT molecular complexity index is 927. The number of ether oxygens (including phenoxy) is 1. The molecule has 0 radical (unpaired) electrons. The van der Waals surface area contributed by atoms with E-state index in [1.807, 2.05) is 0 Å². The third-order valence-corrected chi connectivity index (χ3v) is 5.08. The zero-order valence-corrected chi connectivity index (χ0v) is 19.1. The van der Waals surface area contributed by atoms with Gasteiger partial charge in [-0.05, 0) is 47.5 Å². The average Bonchev–Trinajstić information content (AvgIpc) is 2.65. The number of benzene rings is 1. The Hall–Kier alpha value is -3.05. The topological polar surface area (TPSA) is 113 Å². The standard InChI is InChI=1S/C21H28F3N3O6/c1-12(2)26(13-7-6-8-25(11-13)19(30)33-20(3,4)5)18(29)14-9-16(27(31)32)17(28)10-15(14)21(22,23)24/h9-10,12-13,28H,6-8,11H2,1-5H3/t13-/m1/s1. The summed E-state index contributed by atoms with van der Waals surface area (Å²) in [6.07, 6.45) is -4.72. The summed E-state index contributed by atoms with van der Waals surface area (Å²) in [5.41, 5.74) is -4.16. The molecule has 0 spiro atoms. The molecule has 0 saturated carbocycles. The second-order valence-electron chi connectivity index (χ2n) is 9.17. The molecule has 1 aliphatic rings. The molecule has 1 aromatic carbocycles. The van der Waals surface area contributed by atoms with E-state index in [4.69, 9.17) is 4.74 Å². The molecule has 0 unspecified atom stereocenters. The number of likely N-dealkylation sites (tertiary alicyclic amines) is 1. The number of alkyl halides is 3. The van der Waals surface area contributed by atoms with Gasteiger partial charge in [0.05, 0.1) is 22.1 Å². The van der Waals surface area contributed by atoms with Gasteiger partial charge in [-0.15, -0.1) is 0 Å². The molecule has 1 heterocycles. The Morgan fingerprint density at radius 1 is 1.27 bits per heavy atom. The van der Waals surface area contributed by atoms with Crippen LogP contribution in [-0.2, 0) is 10.9 Å². The monoisotopic (exact) mass is 475 g/mol. The lowest BCUT2D eigenvalue weighted by atomic mass is 9.98. The maximum absolute atomic E-state index is 13.6. The van der Waals surface area contributed by atoms with Gasteiger partial charge >= 0.3 is 18.0 Å². The van der Waals surface area contributed by atoms with Crippen molar-refractivity contribution in [2.75, 3.05) is 13.1 Å². The normalized spacial score (nSPS) is 17.1. The summed E-state index contributed by atoms with van der Waals surface area (Å²) in [5.74, 6) is -2.26. The molecule has 1 fully saturated rings. The van der Waals surface area contributed by atoms with Gasteiger partial charge in [0.2, 0.25) is 0 Å². The molecule has 1 aromatic rings. The van der Waals surface area contributed by atoms with Crippen LogP contribution in [0.15, 0.2) is 12.1 Å². The van der Waals surface area contributed by atoms with Gasteiger partial charge in [-0.25, -0.2) is 4.79 Å². The van der Waals surface area contributed by atoms with Gasteiger partial charge in [-0.2, -0.15) is 13.2 Å². The number of carbonyl (C=O) groups excluding carboxylic acids is 2. The van der Waals surface area contributed by atoms with E-state index in [0.717, 1.165) is 0 Å². The van der Waals surface area contributed by atoms with Crippen LogP contribution in [0.3, 0.4) is 0 Å². The maximum atomic E-state index is 13.6. The van der Waals surface area contributed by atoms with E-state index >= 15 is 0 Å². The smallest absolute Gasteiger partial charge is 0.417 e. The van der Waals surface area contributed by atoms with E-state index in [1.54, 1.807) is 34.6 Å². The lowest BCUT2D eigenvalue weighted by Gasteiger charge is -2.41. The predicted octanol–water partition coefficient (Wildman–Crippen LogP) is 4.57. The molecule has 0 bridgehead atoms. The van der Waals surface area contributed by atoms with Crippen molar-refractivity contribution in [2.45, 2.75) is 71.3 Å². The molecule has 2 amide bonds. The number of carbonyl (C=O) groups is 2. The van der Waals surface area contributed by atoms with E-state index in [9.17, 15) is 38.0 Å². The van der Waals surface area contributed by atoms with Crippen molar-refractivity contribution in [1.82, 2.24) is 9.80 Å². The minimum absolute atomic E-state index is 0.0420. The first-order valence-electron chi connectivity index (χ1n) is 10.4. The van der Waals surface area contributed by atoms with Crippen LogP contribution in [0.25, 0.3) is 0 Å². The Morgan fingerprint density at radius 3 is 2.36 bits per heavy atom. The summed E-state index contributed by atoms with van der Waals surface area (Å²) in [6, 6.07) is -0.565. The fourth-order valence-corrected chi connectivity index (χ4v) is 3.77. The van der Waals surface area contributed by atoms with Crippen molar-refractivity contribution < 1.29 is 37.5 Å². The molecule has 1 aliphatic heterocycles. The lowest BCUT2D eigenvalue weighted by molar-refractivity contribution is -0.385. The predicted molar refractivity (Wildman–Crippen MR) is 112 cm³/mol. The Labute approximate surface area is 189 Å². The largest absolute Gasteiger partial charge is 0.502 e. The van der Waals surface area contributed by atoms with Gasteiger partial charge < -0.3 is 19.6 Å². The molecule has 184 valence electrons. The second-order valence-corrected chi connectivity index (χ2v) is 9.17. The first-order valence-corrected chi connectivity index (χ1v) is 10.4. The van der Waals surface area contributed by atoms with E-state index in [1.165, 1.54) is 9.80 Å². The van der Waals surface area contributed by atoms with Gasteiger partial charge in [-0.1, -0.05) is 0 Å². The summed E-state index contributed by atoms with van der Waals surface area (Å²) < 4.78 is 46.3. The summed E-state index contributed by atoms with van der Waals surface area (Å²) >= 11 is 0. The number of nitro groups is 1. The number of phenols is 1. The van der Waals surface area contributed by atoms with Crippen LogP contribution in [0.4, 0.5) is 23.7 Å². The number of hydrogen-bond donors (Lipinski definition) is 1. The van der Waals surface area contributed by atoms with Gasteiger partial charge in [0, 0.05) is 31.3 Å². The minimum Gasteiger partial charge on any atom is -0.502 e. The van der Waals surface area contributed by atoms with Crippen molar-refractivity contribution in [3.63, 3.8) is 0 Å². The van der Waals surface area contributed by atoms with Crippen molar-refractivity contribution in [3.05, 3.63) is 33.4 Å². The molecule has 0 aromatic heterocycles. The number of phenolic OH excluding ortho intramolecular Hbond substituents is 1. The van der Waals surface area contributed by atoms with Crippen LogP contribution in [0, 0.1) is 10.1 Å². The van der Waals surface area contributed by atoms with Gasteiger partial charge in [0.1, 0.15) is 5.60 Å². The number of hydrogen-bond acceptors (Lipinski definition) is 6. The molecular formula is C21H28F3N3O6. The fraction of sp³-hybridized carbons (Fsp3) is 0.619. The number of halogens is 3. The molecule has 9 nitrogen and oxygen atoms in total. The third kappa shape index (κ3) is 6.26. The van der Waals surface area contributed by atoms with Crippen molar-refractivity contribution >= 4 is 17.7 Å². The van der Waals surface area contributed by atoms with Crippen LogP contribution in [0.5, 0.6) is 5.75 Å². The van der Waals surface area contributed by atoms with Crippen LogP contribution >= 0.6 is 0 Å². The van der Waals surface area contributed by atoms with Crippen molar-refractivity contribution in [3.8, 4) is 5.75 Å². The number of nitro benzene ring substituents is 1. The Morgan fingerprint density at radius 2 is 1.88 bits per heavy atom. The van der Waals surface area contributed by atoms with Crippen LogP contribution < -0.4 is 0 Å². The summed E-state index contributed by atoms with van der Waals surface area (Å²) in [4.78, 5) is 38.5. The van der Waals surface area contributed by atoms with Crippen molar-refractivity contribution in [1.29, 1.82) is 0 Å². The Kier molecular flexibility index (Phi) is 7.49. The number of aromatic hydroxyl groups is 1. The van der Waals surface area contributed by atoms with Crippen LogP contribution in [0.1, 0.15) is 63.4 Å². The van der Waals surface area contributed by atoms with E-state index in [0.29, 0.717) is 25.5 Å². The molecule has 1 N–H and O–H groups in total. The van der Waals surface area contributed by atoms with Crippen LogP contribution in [-0.4, -0.2) is 62.6 Å². The van der Waals surface area contributed by atoms with E-state index in [-0.39, 0.29) is 12.6 Å². The van der Waals surface area contributed by atoms with Crippen molar-refractivity contribution in [2.24, 2.45) is 0 Å². The molecule has 1 saturated heterocycles. The highest BCUT2D eigenvalue weighted by molar-refractivity contribution is 5.97. The molecule has 1 atom stereocenters. The average molecular weight is 475 g/mol. The van der Waals surface area contributed by atoms with Crippen LogP contribution in [0.2, 0.25) is 0 Å². The van der Waals surface area contributed by atoms with Gasteiger partial charge in [-0.3, -0.25) is 14.9 Å². The van der Waals surface area contributed by atoms with E-state index < -0.39 is 63.3 Å². The quantitative estimate of drug-likeness (QED) is 0.504. The number of piperidine rings is 1. The summed E-state index contributed by atoms with van der Waals surface area (Å²) in [6.45, 7) is 8.72.